The first-order valence-corrected chi connectivity index (χ1v) is 6.89. The molecule has 0 aliphatic rings. The average molecular weight is 397 g/mol. The van der Waals surface area contributed by atoms with Crippen molar-refractivity contribution >= 4 is 49.9 Å². The molecule has 0 aliphatic carbocycles. The van der Waals surface area contributed by atoms with Crippen LogP contribution in [0.2, 0.25) is 0 Å². The fourth-order valence-electron chi connectivity index (χ4n) is 1.92. The van der Waals surface area contributed by atoms with Crippen molar-refractivity contribution in [3.05, 3.63) is 54.5 Å². The monoisotopic (exact) mass is 395 g/mol. The molecule has 6 heteroatoms. The Morgan fingerprint density at radius 1 is 1.15 bits per heavy atom. The molecule has 2 heterocycles. The first-order valence-electron chi connectivity index (χ1n) is 5.77. The van der Waals surface area contributed by atoms with Crippen molar-refractivity contribution in [3.63, 3.8) is 0 Å². The van der Waals surface area contributed by atoms with Crippen LogP contribution in [0, 0.1) is 0 Å². The fourth-order valence-corrected chi connectivity index (χ4v) is 2.25. The Kier molecular flexibility index (Phi) is 4.67. The van der Waals surface area contributed by atoms with E-state index in [4.69, 9.17) is 0 Å². The second kappa shape index (κ2) is 6.28. The quantitative estimate of drug-likeness (QED) is 0.502. The maximum atomic E-state index is 11.5. The Hall–Kier alpha value is -1.53. The van der Waals surface area contributed by atoms with Crippen molar-refractivity contribution in [2.45, 2.75) is 0 Å². The highest BCUT2D eigenvalue weighted by Crippen LogP contribution is 2.16. The van der Waals surface area contributed by atoms with Crippen LogP contribution in [0.25, 0.3) is 16.9 Å². The molecule has 0 saturated heterocycles. The summed E-state index contributed by atoms with van der Waals surface area (Å²) in [6, 6.07) is 11.2. The topological polar surface area (TPSA) is 47.8 Å². The highest BCUT2D eigenvalue weighted by atomic mass is 79.9. The number of carbonyl (C=O) groups is 1. The second-order valence-electron chi connectivity index (χ2n) is 4.06. The van der Waals surface area contributed by atoms with Gasteiger partial charge in [0.05, 0.1) is 5.33 Å². The van der Waals surface area contributed by atoms with E-state index in [1.807, 2.05) is 41.0 Å². The third-order valence-corrected chi connectivity index (χ3v) is 3.40. The number of nitrogens with zero attached hydrogens (tertiary/aromatic N) is 3. The van der Waals surface area contributed by atoms with E-state index in [2.05, 4.69) is 25.9 Å². The van der Waals surface area contributed by atoms with Crippen LogP contribution in [0.15, 0.2) is 48.9 Å². The lowest BCUT2D eigenvalue weighted by Crippen LogP contribution is -2.00. The van der Waals surface area contributed by atoms with Crippen molar-refractivity contribution in [2.75, 3.05) is 5.33 Å². The maximum absolute atomic E-state index is 11.5. The van der Waals surface area contributed by atoms with Crippen molar-refractivity contribution in [2.24, 2.45) is 0 Å². The van der Waals surface area contributed by atoms with Crippen LogP contribution in [0.3, 0.4) is 0 Å². The average Bonchev–Trinajstić information content (AvgIpc) is 2.90. The van der Waals surface area contributed by atoms with Gasteiger partial charge in [0.25, 0.3) is 0 Å². The molecule has 0 amide bonds. The Morgan fingerprint density at radius 2 is 1.90 bits per heavy atom. The number of rotatable bonds is 3. The molecule has 1 aromatic carbocycles. The number of hydrogen-bond donors (Lipinski definition) is 0. The zero-order valence-electron chi connectivity index (χ0n) is 10.4. The Labute approximate surface area is 134 Å². The van der Waals surface area contributed by atoms with Gasteiger partial charge in [0.1, 0.15) is 11.8 Å². The minimum atomic E-state index is 0. The lowest BCUT2D eigenvalue weighted by molar-refractivity contribution is 0.102. The van der Waals surface area contributed by atoms with E-state index in [0.717, 1.165) is 16.9 Å². The van der Waals surface area contributed by atoms with Crippen LogP contribution in [-0.2, 0) is 0 Å². The van der Waals surface area contributed by atoms with E-state index in [1.165, 1.54) is 0 Å². The lowest BCUT2D eigenvalue weighted by atomic mass is 10.1. The molecule has 0 saturated carbocycles. The summed E-state index contributed by atoms with van der Waals surface area (Å²) >= 11 is 3.17. The number of fused-ring (bicyclic) bond motifs is 1. The molecule has 20 heavy (non-hydrogen) atoms. The molecule has 3 aromatic rings. The molecule has 0 bridgehead atoms. The summed E-state index contributed by atoms with van der Waals surface area (Å²) < 4.78 is 1.90. The zero-order valence-corrected chi connectivity index (χ0v) is 13.7. The smallest absolute Gasteiger partial charge is 0.173 e. The van der Waals surface area contributed by atoms with Gasteiger partial charge in [-0.2, -0.15) is 0 Å². The fraction of sp³-hybridized carbons (Fsp3) is 0.0714. The van der Waals surface area contributed by atoms with E-state index in [-0.39, 0.29) is 22.8 Å². The number of benzene rings is 1. The van der Waals surface area contributed by atoms with Gasteiger partial charge in [-0.1, -0.05) is 15.9 Å². The standard InChI is InChI=1S/C14H10BrN3O.BrH/c15-8-13(19)10-3-5-11(6-4-10)18-9-17-12-2-1-7-16-14(12)18;/h1-7,9H,8H2;1H. The van der Waals surface area contributed by atoms with Crippen LogP contribution in [0.4, 0.5) is 0 Å². The van der Waals surface area contributed by atoms with Crippen molar-refractivity contribution in [1.29, 1.82) is 0 Å². The second-order valence-corrected chi connectivity index (χ2v) is 4.63. The van der Waals surface area contributed by atoms with Crippen LogP contribution in [0.1, 0.15) is 10.4 Å². The van der Waals surface area contributed by atoms with E-state index in [0.29, 0.717) is 10.9 Å². The molecule has 0 atom stereocenters. The third kappa shape index (κ3) is 2.66. The summed E-state index contributed by atoms with van der Waals surface area (Å²) in [6.07, 6.45) is 3.47. The number of Topliss-reactive ketones (excluding diaryl/α,β-unsaturated/α-hetero) is 1. The highest BCUT2D eigenvalue weighted by Gasteiger charge is 2.07. The summed E-state index contributed by atoms with van der Waals surface area (Å²) in [7, 11) is 0. The number of ketones is 1. The van der Waals surface area contributed by atoms with Crippen LogP contribution in [-0.4, -0.2) is 25.6 Å². The molecule has 0 fully saturated rings. The molecule has 0 N–H and O–H groups in total. The molecule has 3 rings (SSSR count). The molecule has 0 aliphatic heterocycles. The SMILES string of the molecule is Br.O=C(CBr)c1ccc(-n2cnc3cccnc32)cc1. The number of imidazole rings is 1. The van der Waals surface area contributed by atoms with Gasteiger partial charge < -0.3 is 0 Å². The molecule has 0 spiro atoms. The molecule has 2 aromatic heterocycles. The molecule has 0 unspecified atom stereocenters. The predicted octanol–water partition coefficient (Wildman–Crippen LogP) is 3.58. The van der Waals surface area contributed by atoms with Crippen molar-refractivity contribution < 1.29 is 4.79 Å². The van der Waals surface area contributed by atoms with Gasteiger partial charge >= 0.3 is 0 Å². The van der Waals surface area contributed by atoms with Gasteiger partial charge in [-0.05, 0) is 36.4 Å². The maximum Gasteiger partial charge on any atom is 0.173 e. The number of halogens is 2. The van der Waals surface area contributed by atoms with Crippen LogP contribution < -0.4 is 0 Å². The Bertz CT molecular complexity index is 738. The normalized spacial score (nSPS) is 10.2. The Morgan fingerprint density at radius 3 is 2.60 bits per heavy atom. The molecular formula is C14H11Br2N3O. The molecule has 0 radical (unpaired) electrons. The first-order chi connectivity index (χ1) is 9.29. The first kappa shape index (κ1) is 14.9. The van der Waals surface area contributed by atoms with E-state index < -0.39 is 0 Å². The highest BCUT2D eigenvalue weighted by molar-refractivity contribution is 9.09. The molecule has 4 nitrogen and oxygen atoms in total. The number of pyridine rings is 1. The molecular weight excluding hydrogens is 386 g/mol. The summed E-state index contributed by atoms with van der Waals surface area (Å²) in [5.74, 6) is 0.0696. The lowest BCUT2D eigenvalue weighted by Gasteiger charge is -2.04. The third-order valence-electron chi connectivity index (χ3n) is 2.90. The van der Waals surface area contributed by atoms with Crippen molar-refractivity contribution in [3.8, 4) is 5.69 Å². The number of aromatic nitrogens is 3. The largest absolute Gasteiger partial charge is 0.293 e. The van der Waals surface area contributed by atoms with E-state index in [9.17, 15) is 4.79 Å². The number of alkyl halides is 1. The minimum absolute atomic E-state index is 0. The van der Waals surface area contributed by atoms with Gasteiger partial charge in [0.15, 0.2) is 11.4 Å². The minimum Gasteiger partial charge on any atom is -0.293 e. The van der Waals surface area contributed by atoms with E-state index >= 15 is 0 Å². The van der Waals surface area contributed by atoms with Gasteiger partial charge in [-0.3, -0.25) is 9.36 Å². The van der Waals surface area contributed by atoms with Crippen LogP contribution in [0.5, 0.6) is 0 Å². The summed E-state index contributed by atoms with van der Waals surface area (Å²) in [5, 5.41) is 0.335. The number of hydrogen-bond acceptors (Lipinski definition) is 3. The number of carbonyl (C=O) groups excluding carboxylic acids is 1. The summed E-state index contributed by atoms with van der Waals surface area (Å²) in [5.41, 5.74) is 3.29. The summed E-state index contributed by atoms with van der Waals surface area (Å²) in [6.45, 7) is 0. The van der Waals surface area contributed by atoms with Gasteiger partial charge in [-0.15, -0.1) is 17.0 Å². The zero-order chi connectivity index (χ0) is 13.2. The molecule has 102 valence electrons. The van der Waals surface area contributed by atoms with E-state index in [1.54, 1.807) is 12.5 Å². The van der Waals surface area contributed by atoms with Crippen molar-refractivity contribution in [1.82, 2.24) is 14.5 Å². The summed E-state index contributed by atoms with van der Waals surface area (Å²) in [4.78, 5) is 20.2. The van der Waals surface area contributed by atoms with Gasteiger partial charge in [0, 0.05) is 17.4 Å². The Balaban J connectivity index is 0.00000147. The van der Waals surface area contributed by atoms with Gasteiger partial charge in [0.2, 0.25) is 0 Å². The van der Waals surface area contributed by atoms with Crippen LogP contribution >= 0.6 is 32.9 Å². The van der Waals surface area contributed by atoms with Gasteiger partial charge in [-0.25, -0.2) is 9.97 Å². The predicted molar refractivity (Wildman–Crippen MR) is 87.3 cm³/mol.